The van der Waals surface area contributed by atoms with Crippen LogP contribution in [0.25, 0.3) is 0 Å². The Hall–Kier alpha value is -0.780. The van der Waals surface area contributed by atoms with Gasteiger partial charge in [-0.3, -0.25) is 0 Å². The minimum atomic E-state index is 1.31. The highest BCUT2D eigenvalue weighted by atomic mass is 13.8. The van der Waals surface area contributed by atoms with Crippen molar-refractivity contribution in [1.29, 1.82) is 0 Å². The molecule has 0 aromatic carbocycles. The highest BCUT2D eigenvalue weighted by Crippen LogP contribution is 1.99. The second kappa shape index (κ2) is 5.04. The van der Waals surface area contributed by atoms with Crippen molar-refractivity contribution in [2.75, 3.05) is 0 Å². The lowest BCUT2D eigenvalue weighted by Crippen LogP contribution is -1.67. The fraction of sp³-hybridized carbons (Fsp3) is 0.400. The van der Waals surface area contributed by atoms with E-state index in [2.05, 4.69) is 38.2 Å². The zero-order valence-corrected chi connectivity index (χ0v) is 7.31. The Bertz CT molecular complexity index is 148. The van der Waals surface area contributed by atoms with Gasteiger partial charge in [0.1, 0.15) is 0 Å². The molecule has 0 nitrogen and oxygen atoms in total. The summed E-state index contributed by atoms with van der Waals surface area (Å²) in [6.07, 6.45) is 8.43. The van der Waals surface area contributed by atoms with Crippen LogP contribution >= 0.6 is 0 Å². The van der Waals surface area contributed by atoms with Crippen molar-refractivity contribution in [3.8, 4) is 0 Å². The minimum Gasteiger partial charge on any atom is -0.0847 e. The zero-order chi connectivity index (χ0) is 7.98. The maximum atomic E-state index is 2.12. The van der Waals surface area contributed by atoms with Crippen molar-refractivity contribution in [2.45, 2.75) is 27.7 Å². The lowest BCUT2D eigenvalue weighted by Gasteiger charge is -1.89. The van der Waals surface area contributed by atoms with Crippen LogP contribution in [0.1, 0.15) is 27.7 Å². The van der Waals surface area contributed by atoms with E-state index in [0.717, 1.165) is 0 Å². The number of rotatable bonds is 2. The monoisotopic (exact) mass is 136 g/mol. The van der Waals surface area contributed by atoms with Crippen molar-refractivity contribution in [3.05, 3.63) is 35.5 Å². The van der Waals surface area contributed by atoms with Crippen molar-refractivity contribution in [2.24, 2.45) is 0 Å². The lowest BCUT2D eigenvalue weighted by atomic mass is 10.2. The van der Waals surface area contributed by atoms with Gasteiger partial charge in [-0.1, -0.05) is 35.5 Å². The summed E-state index contributed by atoms with van der Waals surface area (Å²) in [5.74, 6) is 0. The maximum absolute atomic E-state index is 2.12. The molecule has 0 aromatic heterocycles. The quantitative estimate of drug-likeness (QED) is 0.510. The first-order chi connectivity index (χ1) is 4.70. The summed E-state index contributed by atoms with van der Waals surface area (Å²) in [5, 5.41) is 0. The number of allylic oxidation sites excluding steroid dienone is 6. The van der Waals surface area contributed by atoms with E-state index in [1.54, 1.807) is 0 Å². The van der Waals surface area contributed by atoms with Crippen LogP contribution in [0.5, 0.6) is 0 Å². The van der Waals surface area contributed by atoms with Crippen LogP contribution in [0.4, 0.5) is 0 Å². The minimum absolute atomic E-state index is 1.31. The van der Waals surface area contributed by atoms with Gasteiger partial charge in [0.05, 0.1) is 0 Å². The Balaban J connectivity index is 4.01. The fourth-order valence-corrected chi connectivity index (χ4v) is 0.455. The highest BCUT2D eigenvalue weighted by molar-refractivity contribution is 5.24. The van der Waals surface area contributed by atoms with Crippen molar-refractivity contribution < 1.29 is 0 Å². The Morgan fingerprint density at radius 3 is 1.30 bits per heavy atom. The topological polar surface area (TPSA) is 0 Å². The number of hydrogen-bond donors (Lipinski definition) is 0. The molecule has 0 saturated carbocycles. The van der Waals surface area contributed by atoms with E-state index >= 15 is 0 Å². The van der Waals surface area contributed by atoms with Crippen molar-refractivity contribution in [1.82, 2.24) is 0 Å². The third-order valence-corrected chi connectivity index (χ3v) is 1.52. The predicted molar refractivity (Wildman–Crippen MR) is 48.0 cm³/mol. The van der Waals surface area contributed by atoms with E-state index in [1.807, 2.05) is 13.8 Å². The zero-order valence-electron chi connectivity index (χ0n) is 7.31. The van der Waals surface area contributed by atoms with E-state index in [-0.39, 0.29) is 0 Å². The summed E-state index contributed by atoms with van der Waals surface area (Å²) in [7, 11) is 0. The van der Waals surface area contributed by atoms with E-state index < -0.39 is 0 Å². The van der Waals surface area contributed by atoms with Gasteiger partial charge in [0, 0.05) is 0 Å². The Morgan fingerprint density at radius 2 is 1.10 bits per heavy atom. The molecule has 0 rings (SSSR count). The Labute approximate surface area is 64.0 Å². The first kappa shape index (κ1) is 9.22. The normalized spacial score (nSPS) is 14.8. The van der Waals surface area contributed by atoms with Crippen molar-refractivity contribution in [3.63, 3.8) is 0 Å². The second-order valence-corrected chi connectivity index (χ2v) is 2.40. The predicted octanol–water partition coefficient (Wildman–Crippen LogP) is 3.48. The Kier molecular flexibility index (Phi) is 4.65. The van der Waals surface area contributed by atoms with Crippen LogP contribution in [-0.2, 0) is 0 Å². The van der Waals surface area contributed by atoms with Gasteiger partial charge in [-0.25, -0.2) is 0 Å². The van der Waals surface area contributed by atoms with E-state index in [0.29, 0.717) is 0 Å². The molecule has 0 aliphatic heterocycles. The molecule has 0 fully saturated rings. The van der Waals surface area contributed by atoms with Crippen LogP contribution in [-0.4, -0.2) is 0 Å². The summed E-state index contributed by atoms with van der Waals surface area (Å²) in [4.78, 5) is 0. The molecule has 0 heterocycles. The number of hydrogen-bond acceptors (Lipinski definition) is 0. The van der Waals surface area contributed by atoms with Gasteiger partial charge in [0.25, 0.3) is 0 Å². The molecule has 0 N–H and O–H groups in total. The average Bonchev–Trinajstić information content (AvgIpc) is 1.99. The molecule has 0 saturated heterocycles. The fourth-order valence-electron chi connectivity index (χ4n) is 0.455. The molecule has 0 atom stereocenters. The van der Waals surface area contributed by atoms with Gasteiger partial charge in [-0.15, -0.1) is 0 Å². The standard InChI is InChI=1S/C10H16/c1-5-9(3)7-8-10(4)6-2/h5-8H,1-4H3. The molecule has 0 amide bonds. The third kappa shape index (κ3) is 4.13. The average molecular weight is 136 g/mol. The molecular weight excluding hydrogens is 120 g/mol. The van der Waals surface area contributed by atoms with Crippen LogP contribution in [0, 0.1) is 0 Å². The first-order valence-corrected chi connectivity index (χ1v) is 3.64. The molecule has 0 aromatic rings. The summed E-state index contributed by atoms with van der Waals surface area (Å²) in [6.45, 7) is 8.29. The van der Waals surface area contributed by atoms with E-state index in [4.69, 9.17) is 0 Å². The molecule has 56 valence electrons. The molecule has 0 heteroatoms. The summed E-state index contributed by atoms with van der Waals surface area (Å²) in [5.41, 5.74) is 2.61. The summed E-state index contributed by atoms with van der Waals surface area (Å²) >= 11 is 0. The first-order valence-electron chi connectivity index (χ1n) is 3.64. The van der Waals surface area contributed by atoms with Gasteiger partial charge in [-0.05, 0) is 27.7 Å². The van der Waals surface area contributed by atoms with E-state index in [9.17, 15) is 0 Å². The Morgan fingerprint density at radius 1 is 0.800 bits per heavy atom. The van der Waals surface area contributed by atoms with Gasteiger partial charge >= 0.3 is 0 Å². The van der Waals surface area contributed by atoms with Gasteiger partial charge in [-0.2, -0.15) is 0 Å². The van der Waals surface area contributed by atoms with E-state index in [1.165, 1.54) is 11.1 Å². The van der Waals surface area contributed by atoms with Gasteiger partial charge in [0.2, 0.25) is 0 Å². The van der Waals surface area contributed by atoms with Crippen LogP contribution in [0.3, 0.4) is 0 Å². The molecule has 0 aliphatic rings. The van der Waals surface area contributed by atoms with Gasteiger partial charge < -0.3 is 0 Å². The smallest absolute Gasteiger partial charge is 0.0401 e. The molecule has 0 spiro atoms. The molecule has 0 aliphatic carbocycles. The van der Waals surface area contributed by atoms with Crippen molar-refractivity contribution >= 4 is 0 Å². The molecular formula is C10H16. The summed E-state index contributed by atoms with van der Waals surface area (Å²) < 4.78 is 0. The molecule has 10 heavy (non-hydrogen) atoms. The second-order valence-electron chi connectivity index (χ2n) is 2.40. The lowest BCUT2D eigenvalue weighted by molar-refractivity contribution is 1.43. The van der Waals surface area contributed by atoms with Crippen LogP contribution in [0.2, 0.25) is 0 Å². The van der Waals surface area contributed by atoms with Crippen LogP contribution in [0.15, 0.2) is 35.5 Å². The highest BCUT2D eigenvalue weighted by Gasteiger charge is 1.78. The maximum Gasteiger partial charge on any atom is -0.0401 e. The molecule has 0 bridgehead atoms. The third-order valence-electron chi connectivity index (χ3n) is 1.52. The van der Waals surface area contributed by atoms with Crippen LogP contribution < -0.4 is 0 Å². The molecule has 0 unspecified atom stereocenters. The SMILES string of the molecule is CC=C(C)C=CC(C)=CC. The van der Waals surface area contributed by atoms with Gasteiger partial charge in [0.15, 0.2) is 0 Å². The molecule has 0 radical (unpaired) electrons. The largest absolute Gasteiger partial charge is 0.0847 e. The summed E-state index contributed by atoms with van der Waals surface area (Å²) in [6, 6.07) is 0.